The topological polar surface area (TPSA) is 73.6 Å². The summed E-state index contributed by atoms with van der Waals surface area (Å²) in [6.07, 6.45) is 1.53. The molecule has 30 heavy (non-hydrogen) atoms. The lowest BCUT2D eigenvalue weighted by molar-refractivity contribution is 0.0657. The number of carbonyl (C=O) groups excluding carboxylic acids is 1. The molecule has 0 bridgehead atoms. The number of nitrogens with one attached hydrogen (secondary N) is 1. The number of furan rings is 1. The molecule has 1 aliphatic heterocycles. The SMILES string of the molecule is CN=C(NCC(c1cccc(OC)c1)N(C)C)N1CCN(C(=O)c2ccco2)CC1. The molecule has 1 aromatic heterocycles. The molecule has 0 spiro atoms. The molecule has 1 aromatic carbocycles. The lowest BCUT2D eigenvalue weighted by atomic mass is 10.1. The van der Waals surface area contributed by atoms with Gasteiger partial charge >= 0.3 is 0 Å². The lowest BCUT2D eigenvalue weighted by Gasteiger charge is -2.37. The number of methoxy groups -OCH3 is 1. The van der Waals surface area contributed by atoms with Crippen LogP contribution in [0.2, 0.25) is 0 Å². The molecule has 0 radical (unpaired) electrons. The summed E-state index contributed by atoms with van der Waals surface area (Å²) in [6, 6.07) is 11.7. The average molecular weight is 414 g/mol. The molecule has 1 fully saturated rings. The molecule has 0 aliphatic carbocycles. The van der Waals surface area contributed by atoms with Gasteiger partial charge in [-0.05, 0) is 43.9 Å². The third kappa shape index (κ3) is 5.13. The number of rotatable bonds is 6. The first kappa shape index (κ1) is 21.7. The van der Waals surface area contributed by atoms with Gasteiger partial charge in [0.2, 0.25) is 0 Å². The molecular weight excluding hydrogens is 382 g/mol. The second-order valence-corrected chi connectivity index (χ2v) is 7.44. The van der Waals surface area contributed by atoms with Gasteiger partial charge in [-0.3, -0.25) is 9.79 Å². The zero-order chi connectivity index (χ0) is 21.5. The number of likely N-dealkylation sites (N-methyl/N-ethyl adjacent to an activating group) is 1. The van der Waals surface area contributed by atoms with E-state index < -0.39 is 0 Å². The van der Waals surface area contributed by atoms with Crippen molar-refractivity contribution in [2.75, 3.05) is 61.0 Å². The first-order valence-corrected chi connectivity index (χ1v) is 10.1. The van der Waals surface area contributed by atoms with Crippen molar-refractivity contribution in [2.45, 2.75) is 6.04 Å². The second-order valence-electron chi connectivity index (χ2n) is 7.44. The molecule has 1 atom stereocenters. The van der Waals surface area contributed by atoms with Gasteiger partial charge in [0.15, 0.2) is 11.7 Å². The van der Waals surface area contributed by atoms with Crippen molar-refractivity contribution in [1.82, 2.24) is 20.0 Å². The minimum absolute atomic E-state index is 0.0618. The van der Waals surface area contributed by atoms with E-state index in [0.29, 0.717) is 25.4 Å². The van der Waals surface area contributed by atoms with Crippen molar-refractivity contribution < 1.29 is 13.9 Å². The number of piperazine rings is 1. The second kappa shape index (κ2) is 10.2. The van der Waals surface area contributed by atoms with Crippen LogP contribution in [-0.2, 0) is 0 Å². The van der Waals surface area contributed by atoms with Crippen LogP contribution in [-0.4, -0.2) is 87.5 Å². The van der Waals surface area contributed by atoms with Crippen LogP contribution in [0, 0.1) is 0 Å². The van der Waals surface area contributed by atoms with Crippen LogP contribution >= 0.6 is 0 Å². The standard InChI is InChI=1S/C22H31N5O3/c1-23-22(24-16-19(25(2)3)17-7-5-8-18(15-17)29-4)27-12-10-26(11-13-27)21(28)20-9-6-14-30-20/h5-9,14-15,19H,10-13,16H2,1-4H3,(H,23,24). The zero-order valence-electron chi connectivity index (χ0n) is 18.2. The van der Waals surface area contributed by atoms with Crippen molar-refractivity contribution in [2.24, 2.45) is 4.99 Å². The average Bonchev–Trinajstić information content (AvgIpc) is 3.31. The summed E-state index contributed by atoms with van der Waals surface area (Å²) in [7, 11) is 7.60. The Morgan fingerprint density at radius 3 is 2.53 bits per heavy atom. The lowest BCUT2D eigenvalue weighted by Crippen LogP contribution is -2.54. The fourth-order valence-corrected chi connectivity index (χ4v) is 3.65. The minimum Gasteiger partial charge on any atom is -0.497 e. The highest BCUT2D eigenvalue weighted by atomic mass is 16.5. The highest BCUT2D eigenvalue weighted by Gasteiger charge is 2.25. The number of benzene rings is 1. The molecule has 1 amide bonds. The molecule has 8 heteroatoms. The largest absolute Gasteiger partial charge is 0.497 e. The van der Waals surface area contributed by atoms with Crippen molar-refractivity contribution >= 4 is 11.9 Å². The smallest absolute Gasteiger partial charge is 0.289 e. The molecular formula is C22H31N5O3. The van der Waals surface area contributed by atoms with Crippen LogP contribution < -0.4 is 10.1 Å². The van der Waals surface area contributed by atoms with E-state index in [1.54, 1.807) is 26.3 Å². The number of ether oxygens (including phenoxy) is 1. The van der Waals surface area contributed by atoms with Gasteiger partial charge in [-0.1, -0.05) is 12.1 Å². The first-order chi connectivity index (χ1) is 14.5. The molecule has 8 nitrogen and oxygen atoms in total. The van der Waals surface area contributed by atoms with Gasteiger partial charge in [-0.25, -0.2) is 0 Å². The van der Waals surface area contributed by atoms with Crippen molar-refractivity contribution in [3.8, 4) is 5.75 Å². The maximum atomic E-state index is 12.5. The van der Waals surface area contributed by atoms with Crippen LogP contribution in [0.3, 0.4) is 0 Å². The first-order valence-electron chi connectivity index (χ1n) is 10.1. The Bertz CT molecular complexity index is 842. The highest BCUT2D eigenvalue weighted by Crippen LogP contribution is 2.22. The Morgan fingerprint density at radius 2 is 1.93 bits per heavy atom. The summed E-state index contributed by atoms with van der Waals surface area (Å²) in [6.45, 7) is 3.41. The Kier molecular flexibility index (Phi) is 7.35. The summed E-state index contributed by atoms with van der Waals surface area (Å²) >= 11 is 0. The monoisotopic (exact) mass is 413 g/mol. The fourth-order valence-electron chi connectivity index (χ4n) is 3.65. The van der Waals surface area contributed by atoms with E-state index in [9.17, 15) is 4.79 Å². The van der Waals surface area contributed by atoms with Crippen LogP contribution in [0.5, 0.6) is 5.75 Å². The highest BCUT2D eigenvalue weighted by molar-refractivity contribution is 5.91. The van der Waals surface area contributed by atoms with Crippen molar-refractivity contribution in [1.29, 1.82) is 0 Å². The van der Waals surface area contributed by atoms with Crippen LogP contribution in [0.1, 0.15) is 22.2 Å². The molecule has 162 valence electrons. The number of aliphatic imine (C=N–C) groups is 1. The third-order valence-electron chi connectivity index (χ3n) is 5.37. The summed E-state index contributed by atoms with van der Waals surface area (Å²) in [5, 5.41) is 3.50. The van der Waals surface area contributed by atoms with Gasteiger partial charge in [0.1, 0.15) is 5.75 Å². The number of hydrogen-bond acceptors (Lipinski definition) is 5. The van der Waals surface area contributed by atoms with E-state index >= 15 is 0 Å². The van der Waals surface area contributed by atoms with Gasteiger partial charge in [0.25, 0.3) is 5.91 Å². The summed E-state index contributed by atoms with van der Waals surface area (Å²) in [5.74, 6) is 2.02. The number of hydrogen-bond donors (Lipinski definition) is 1. The van der Waals surface area contributed by atoms with Crippen molar-refractivity contribution in [3.05, 3.63) is 54.0 Å². The van der Waals surface area contributed by atoms with E-state index in [0.717, 1.165) is 24.8 Å². The fraction of sp³-hybridized carbons (Fsp3) is 0.455. The quantitative estimate of drug-likeness (QED) is 0.576. The molecule has 1 aliphatic rings. The molecule has 2 heterocycles. The zero-order valence-corrected chi connectivity index (χ0v) is 18.2. The van der Waals surface area contributed by atoms with E-state index in [1.165, 1.54) is 11.8 Å². The van der Waals surface area contributed by atoms with E-state index in [2.05, 4.69) is 46.3 Å². The predicted molar refractivity (Wildman–Crippen MR) is 117 cm³/mol. The van der Waals surface area contributed by atoms with Crippen LogP contribution in [0.25, 0.3) is 0 Å². The summed E-state index contributed by atoms with van der Waals surface area (Å²) in [4.78, 5) is 23.1. The normalized spacial score (nSPS) is 16.0. The maximum absolute atomic E-state index is 12.5. The van der Waals surface area contributed by atoms with Gasteiger partial charge in [0.05, 0.1) is 19.4 Å². The van der Waals surface area contributed by atoms with Crippen LogP contribution in [0.4, 0.5) is 0 Å². The van der Waals surface area contributed by atoms with Crippen LogP contribution in [0.15, 0.2) is 52.1 Å². The Balaban J connectivity index is 1.58. The predicted octanol–water partition coefficient (Wildman–Crippen LogP) is 1.92. The Hall–Kier alpha value is -3.00. The van der Waals surface area contributed by atoms with Gasteiger partial charge in [0, 0.05) is 39.8 Å². The Labute approximate surface area is 178 Å². The number of guanidine groups is 1. The summed E-state index contributed by atoms with van der Waals surface area (Å²) in [5.41, 5.74) is 1.18. The number of carbonyl (C=O) groups is 1. The molecule has 1 saturated heterocycles. The van der Waals surface area contributed by atoms with Crippen molar-refractivity contribution in [3.63, 3.8) is 0 Å². The van der Waals surface area contributed by atoms with Gasteiger partial charge in [-0.2, -0.15) is 0 Å². The maximum Gasteiger partial charge on any atom is 0.289 e. The van der Waals surface area contributed by atoms with E-state index in [1.807, 2.05) is 17.0 Å². The third-order valence-corrected chi connectivity index (χ3v) is 5.37. The number of nitrogens with zero attached hydrogens (tertiary/aromatic N) is 4. The molecule has 0 saturated carbocycles. The Morgan fingerprint density at radius 1 is 1.20 bits per heavy atom. The molecule has 1 N–H and O–H groups in total. The van der Waals surface area contributed by atoms with E-state index in [4.69, 9.17) is 9.15 Å². The molecule has 1 unspecified atom stereocenters. The van der Waals surface area contributed by atoms with E-state index in [-0.39, 0.29) is 11.9 Å². The number of amides is 1. The van der Waals surface area contributed by atoms with Gasteiger partial charge in [-0.15, -0.1) is 0 Å². The summed E-state index contributed by atoms with van der Waals surface area (Å²) < 4.78 is 10.6. The van der Waals surface area contributed by atoms with Gasteiger partial charge < -0.3 is 29.2 Å². The minimum atomic E-state index is -0.0618. The molecule has 3 rings (SSSR count). The molecule has 2 aromatic rings.